The quantitative estimate of drug-likeness (QED) is 0.497. The van der Waals surface area contributed by atoms with Crippen LogP contribution in [0.3, 0.4) is 0 Å². The molecule has 0 heterocycles. The minimum atomic E-state index is -1.19. The molecule has 0 aliphatic rings. The fraction of sp³-hybridized carbons (Fsp3) is 0.385. The molecule has 4 nitrogen and oxygen atoms in total. The predicted molar refractivity (Wildman–Crippen MR) is 64.0 cm³/mol. The normalized spacial score (nSPS) is 12.4. The van der Waals surface area contributed by atoms with E-state index in [0.717, 1.165) is 0 Å². The summed E-state index contributed by atoms with van der Waals surface area (Å²) in [7, 11) is 0. The molecule has 0 bridgehead atoms. The summed E-state index contributed by atoms with van der Waals surface area (Å²) < 4.78 is 0. The van der Waals surface area contributed by atoms with Gasteiger partial charge in [-0.05, 0) is 24.5 Å². The smallest absolute Gasteiger partial charge is 0.548 e. The first-order valence-electron chi connectivity index (χ1n) is 5.52. The average Bonchev–Trinajstić information content (AvgIpc) is 2.25. The monoisotopic (exact) mass is 273 g/mol. The molecule has 1 aromatic carbocycles. The number of nitrogens with zero attached hydrogens (tertiary/aromatic N) is 1. The molecule has 92 valence electrons. The average molecular weight is 273 g/mol. The van der Waals surface area contributed by atoms with E-state index in [9.17, 15) is 15.0 Å². The Morgan fingerprint density at radius 2 is 2.06 bits per heavy atom. The third-order valence-electron chi connectivity index (χ3n) is 2.30. The summed E-state index contributed by atoms with van der Waals surface area (Å²) in [4.78, 5) is 14.8. The van der Waals surface area contributed by atoms with Crippen molar-refractivity contribution in [3.05, 3.63) is 29.8 Å². The Kier molecular flexibility index (Phi) is 8.72. The number of hydrogen-bond donors (Lipinski definition) is 1. The van der Waals surface area contributed by atoms with Crippen LogP contribution >= 0.6 is 0 Å². The van der Waals surface area contributed by atoms with Crippen LogP contribution in [0.1, 0.15) is 25.8 Å². The second-order valence-electron chi connectivity index (χ2n) is 4.30. The first kappa shape index (κ1) is 17.8. The molecular formula is C13H16KNO3. The van der Waals surface area contributed by atoms with E-state index in [1.54, 1.807) is 18.2 Å². The molecule has 0 aliphatic heterocycles. The molecule has 1 N–H and O–H groups in total. The fourth-order valence-electron chi connectivity index (χ4n) is 1.43. The van der Waals surface area contributed by atoms with Gasteiger partial charge in [0.1, 0.15) is 5.75 Å². The first-order valence-corrected chi connectivity index (χ1v) is 5.52. The molecule has 0 saturated carbocycles. The zero-order valence-electron chi connectivity index (χ0n) is 11.0. The third kappa shape index (κ3) is 6.11. The summed E-state index contributed by atoms with van der Waals surface area (Å²) >= 11 is 0. The van der Waals surface area contributed by atoms with Gasteiger partial charge in [-0.3, -0.25) is 4.99 Å². The zero-order valence-corrected chi connectivity index (χ0v) is 14.1. The van der Waals surface area contributed by atoms with E-state index in [4.69, 9.17) is 0 Å². The van der Waals surface area contributed by atoms with Gasteiger partial charge in [0, 0.05) is 11.8 Å². The molecule has 0 saturated heterocycles. The van der Waals surface area contributed by atoms with Gasteiger partial charge in [-0.25, -0.2) is 0 Å². The fourth-order valence-corrected chi connectivity index (χ4v) is 1.43. The minimum Gasteiger partial charge on any atom is -0.548 e. The van der Waals surface area contributed by atoms with Gasteiger partial charge in [-0.2, -0.15) is 0 Å². The Morgan fingerprint density at radius 3 is 2.56 bits per heavy atom. The number of phenols is 1. The second-order valence-corrected chi connectivity index (χ2v) is 4.30. The van der Waals surface area contributed by atoms with Crippen molar-refractivity contribution < 1.29 is 66.4 Å². The maximum Gasteiger partial charge on any atom is 1.00 e. The Labute approximate surface area is 150 Å². The van der Waals surface area contributed by atoms with Crippen molar-refractivity contribution in [1.29, 1.82) is 0 Å². The van der Waals surface area contributed by atoms with Crippen LogP contribution in [-0.2, 0) is 4.79 Å². The van der Waals surface area contributed by atoms with E-state index in [1.165, 1.54) is 12.3 Å². The molecule has 0 spiro atoms. The molecule has 18 heavy (non-hydrogen) atoms. The van der Waals surface area contributed by atoms with Crippen LogP contribution in [0.4, 0.5) is 0 Å². The van der Waals surface area contributed by atoms with Gasteiger partial charge >= 0.3 is 51.4 Å². The zero-order chi connectivity index (χ0) is 12.8. The van der Waals surface area contributed by atoms with Crippen LogP contribution in [0.5, 0.6) is 5.75 Å². The van der Waals surface area contributed by atoms with E-state index in [1.807, 2.05) is 13.8 Å². The summed E-state index contributed by atoms with van der Waals surface area (Å²) in [6, 6.07) is 5.77. The first-order chi connectivity index (χ1) is 8.00. The Morgan fingerprint density at radius 1 is 1.44 bits per heavy atom. The second kappa shape index (κ2) is 8.82. The van der Waals surface area contributed by atoms with Crippen molar-refractivity contribution in [2.75, 3.05) is 0 Å². The number of carbonyl (C=O) groups excluding carboxylic acids is 1. The topological polar surface area (TPSA) is 72.7 Å². The number of carbonyl (C=O) groups is 1. The maximum absolute atomic E-state index is 10.9. The van der Waals surface area contributed by atoms with E-state index in [0.29, 0.717) is 12.0 Å². The Bertz CT molecular complexity index is 418. The number of aliphatic imine (C=N–C) groups is 1. The van der Waals surface area contributed by atoms with E-state index < -0.39 is 12.0 Å². The Balaban J connectivity index is 0.00000289. The van der Waals surface area contributed by atoms with Crippen molar-refractivity contribution in [2.45, 2.75) is 26.3 Å². The summed E-state index contributed by atoms with van der Waals surface area (Å²) in [5.74, 6) is -0.886. The van der Waals surface area contributed by atoms with Crippen molar-refractivity contribution in [3.63, 3.8) is 0 Å². The van der Waals surface area contributed by atoms with Crippen LogP contribution in [0.25, 0.3) is 0 Å². The van der Waals surface area contributed by atoms with Crippen molar-refractivity contribution in [2.24, 2.45) is 10.9 Å². The molecule has 0 fully saturated rings. The van der Waals surface area contributed by atoms with Gasteiger partial charge in [0.2, 0.25) is 0 Å². The van der Waals surface area contributed by atoms with E-state index >= 15 is 0 Å². The van der Waals surface area contributed by atoms with Crippen molar-refractivity contribution in [1.82, 2.24) is 0 Å². The van der Waals surface area contributed by atoms with E-state index in [2.05, 4.69) is 4.99 Å². The van der Waals surface area contributed by atoms with Gasteiger partial charge in [0.05, 0.1) is 12.0 Å². The largest absolute Gasteiger partial charge is 1.00 e. The standard InChI is InChI=1S/C13H17NO3.K/c1-9(2)7-11(13(16)17)14-8-10-5-3-4-6-12(10)15;/h3-6,8-9,11,15H,7H2,1-2H3,(H,16,17);/q;+1/p-1. The summed E-state index contributed by atoms with van der Waals surface area (Å²) in [6.45, 7) is 3.84. The summed E-state index contributed by atoms with van der Waals surface area (Å²) in [6.07, 6.45) is 1.80. The van der Waals surface area contributed by atoms with Crippen LogP contribution < -0.4 is 56.5 Å². The minimum absolute atomic E-state index is 0. The number of carboxylic acid groups (broad SMARTS) is 1. The summed E-state index contributed by atoms with van der Waals surface area (Å²) in [5, 5.41) is 20.3. The van der Waals surface area contributed by atoms with Gasteiger partial charge in [-0.1, -0.05) is 26.0 Å². The molecule has 5 heteroatoms. The van der Waals surface area contributed by atoms with Crippen LogP contribution in [0.2, 0.25) is 0 Å². The van der Waals surface area contributed by atoms with Crippen molar-refractivity contribution in [3.8, 4) is 5.75 Å². The molecule has 0 radical (unpaired) electrons. The van der Waals surface area contributed by atoms with Crippen LogP contribution in [0, 0.1) is 5.92 Å². The number of aromatic hydroxyl groups is 1. The number of para-hydroxylation sites is 1. The third-order valence-corrected chi connectivity index (χ3v) is 2.30. The molecule has 1 atom stereocenters. The van der Waals surface area contributed by atoms with Gasteiger partial charge in [0.15, 0.2) is 0 Å². The van der Waals surface area contributed by atoms with Gasteiger partial charge in [0.25, 0.3) is 0 Å². The number of phenolic OH excluding ortho intramolecular Hbond substituents is 1. The number of hydrogen-bond acceptors (Lipinski definition) is 4. The summed E-state index contributed by atoms with van der Waals surface area (Å²) in [5.41, 5.74) is 0.502. The van der Waals surface area contributed by atoms with Crippen molar-refractivity contribution >= 4 is 12.2 Å². The number of aliphatic carboxylic acids is 1. The molecule has 1 rings (SSSR count). The molecule has 1 aromatic rings. The molecule has 0 aliphatic carbocycles. The van der Waals surface area contributed by atoms with Crippen LogP contribution in [-0.4, -0.2) is 23.3 Å². The SMILES string of the molecule is CC(C)CC(N=Cc1ccccc1O)C(=O)[O-].[K+]. The Hall–Kier alpha value is -0.204. The van der Waals surface area contributed by atoms with Gasteiger partial charge < -0.3 is 15.0 Å². The maximum atomic E-state index is 10.9. The molecule has 1 unspecified atom stereocenters. The van der Waals surface area contributed by atoms with Gasteiger partial charge in [-0.15, -0.1) is 0 Å². The molecular weight excluding hydrogens is 257 g/mol. The predicted octanol–water partition coefficient (Wildman–Crippen LogP) is -2.02. The number of carboxylic acids is 1. The van der Waals surface area contributed by atoms with Crippen LogP contribution in [0.15, 0.2) is 29.3 Å². The van der Waals surface area contributed by atoms with E-state index in [-0.39, 0.29) is 63.1 Å². The molecule has 0 aromatic heterocycles. The number of benzene rings is 1. The number of rotatable bonds is 5. The molecule has 0 amide bonds.